The van der Waals surface area contributed by atoms with Crippen molar-refractivity contribution in [2.24, 2.45) is 0 Å². The second-order valence-corrected chi connectivity index (χ2v) is 8.55. The van der Waals surface area contributed by atoms with E-state index >= 15 is 0 Å². The predicted molar refractivity (Wildman–Crippen MR) is 130 cm³/mol. The van der Waals surface area contributed by atoms with Crippen molar-refractivity contribution in [3.63, 3.8) is 0 Å². The Morgan fingerprint density at radius 3 is 2.40 bits per heavy atom. The van der Waals surface area contributed by atoms with Crippen LogP contribution in [0.1, 0.15) is 28.4 Å². The lowest BCUT2D eigenvalue weighted by atomic mass is 10.1. The van der Waals surface area contributed by atoms with Crippen LogP contribution >= 0.6 is 45.8 Å². The molecular weight excluding hydrogens is 536 g/mol. The molecular formula is C23H20Cl2INO3. The first-order chi connectivity index (χ1) is 14.4. The third kappa shape index (κ3) is 5.80. The number of hydrogen-bond acceptors (Lipinski definition) is 3. The maximum absolute atomic E-state index is 12.8. The van der Waals surface area contributed by atoms with Crippen LogP contribution in [0.4, 0.5) is 5.69 Å². The number of nitrogens with one attached hydrogen (secondary N) is 1. The number of carbonyl (C=O) groups is 1. The number of carbonyl (C=O) groups excluding carboxylic acids is 1. The first kappa shape index (κ1) is 22.7. The molecule has 3 rings (SSSR count). The van der Waals surface area contributed by atoms with Gasteiger partial charge in [-0.05, 0) is 72.3 Å². The van der Waals surface area contributed by atoms with Crippen molar-refractivity contribution in [3.8, 4) is 11.5 Å². The lowest BCUT2D eigenvalue weighted by Gasteiger charge is -2.16. The van der Waals surface area contributed by atoms with E-state index in [4.69, 9.17) is 32.7 Å². The van der Waals surface area contributed by atoms with Gasteiger partial charge >= 0.3 is 0 Å². The molecule has 0 aliphatic heterocycles. The summed E-state index contributed by atoms with van der Waals surface area (Å²) >= 11 is 14.1. The van der Waals surface area contributed by atoms with Crippen molar-refractivity contribution in [2.75, 3.05) is 11.9 Å². The smallest absolute Gasteiger partial charge is 0.255 e. The van der Waals surface area contributed by atoms with Crippen molar-refractivity contribution in [3.05, 3.63) is 84.9 Å². The van der Waals surface area contributed by atoms with Crippen molar-refractivity contribution in [1.29, 1.82) is 0 Å². The molecule has 0 aliphatic rings. The minimum atomic E-state index is -0.280. The van der Waals surface area contributed by atoms with E-state index in [0.717, 1.165) is 9.13 Å². The molecule has 1 amide bonds. The fourth-order valence-corrected chi connectivity index (χ4v) is 3.77. The highest BCUT2D eigenvalue weighted by Gasteiger charge is 2.17. The number of halogens is 3. The first-order valence-electron chi connectivity index (χ1n) is 9.28. The summed E-state index contributed by atoms with van der Waals surface area (Å²) in [4.78, 5) is 12.8. The molecule has 0 aromatic heterocycles. The molecule has 0 unspecified atom stereocenters. The van der Waals surface area contributed by atoms with E-state index in [0.29, 0.717) is 46.0 Å². The lowest BCUT2D eigenvalue weighted by molar-refractivity contribution is 0.102. The number of aryl methyl sites for hydroxylation is 1. The van der Waals surface area contributed by atoms with Gasteiger partial charge < -0.3 is 14.8 Å². The van der Waals surface area contributed by atoms with Crippen LogP contribution in [0.15, 0.2) is 54.6 Å². The molecule has 0 saturated heterocycles. The van der Waals surface area contributed by atoms with E-state index in [1.165, 1.54) is 5.56 Å². The molecule has 156 valence electrons. The van der Waals surface area contributed by atoms with Gasteiger partial charge in [0.25, 0.3) is 5.91 Å². The van der Waals surface area contributed by atoms with Crippen molar-refractivity contribution in [2.45, 2.75) is 20.5 Å². The third-order valence-corrected chi connectivity index (χ3v) is 5.79. The summed E-state index contributed by atoms with van der Waals surface area (Å²) in [6, 6.07) is 16.5. The van der Waals surface area contributed by atoms with Crippen LogP contribution in [0.2, 0.25) is 10.0 Å². The molecule has 0 aliphatic carbocycles. The average molecular weight is 556 g/mol. The quantitative estimate of drug-likeness (QED) is 0.315. The molecule has 0 saturated carbocycles. The van der Waals surface area contributed by atoms with Gasteiger partial charge in [-0.2, -0.15) is 0 Å². The minimum absolute atomic E-state index is 0.280. The van der Waals surface area contributed by atoms with Gasteiger partial charge in [0.2, 0.25) is 0 Å². The molecule has 0 radical (unpaired) electrons. The normalized spacial score (nSPS) is 10.6. The van der Waals surface area contributed by atoms with Gasteiger partial charge in [0.15, 0.2) is 11.5 Å². The van der Waals surface area contributed by atoms with E-state index in [1.807, 2.05) is 38.1 Å². The Balaban J connectivity index is 1.81. The van der Waals surface area contributed by atoms with E-state index in [1.54, 1.807) is 30.3 Å². The number of rotatable bonds is 7. The van der Waals surface area contributed by atoms with Crippen LogP contribution in [0.5, 0.6) is 11.5 Å². The molecule has 3 aromatic carbocycles. The van der Waals surface area contributed by atoms with Crippen LogP contribution in [0.3, 0.4) is 0 Å². The molecule has 3 aromatic rings. The van der Waals surface area contributed by atoms with Gasteiger partial charge in [-0.3, -0.25) is 4.79 Å². The molecule has 0 atom stereocenters. The average Bonchev–Trinajstić information content (AvgIpc) is 2.71. The zero-order valence-corrected chi connectivity index (χ0v) is 20.1. The Labute approximate surface area is 199 Å². The minimum Gasteiger partial charge on any atom is -0.490 e. The number of amides is 1. The highest BCUT2D eigenvalue weighted by Crippen LogP contribution is 2.35. The molecule has 1 N–H and O–H groups in total. The van der Waals surface area contributed by atoms with E-state index < -0.39 is 0 Å². The Morgan fingerprint density at radius 1 is 1.00 bits per heavy atom. The summed E-state index contributed by atoms with van der Waals surface area (Å²) in [5.74, 6) is 0.859. The van der Waals surface area contributed by atoms with E-state index in [9.17, 15) is 4.79 Å². The standard InChI is InChI=1S/C23H20Cl2INO3/c1-3-29-21-11-16(23(28)27-17-8-9-18(24)19(25)12-17)10-20(26)22(21)30-13-15-6-4-14(2)5-7-15/h4-12H,3,13H2,1-2H3,(H,27,28). The molecule has 0 fully saturated rings. The zero-order chi connectivity index (χ0) is 21.7. The molecule has 4 nitrogen and oxygen atoms in total. The fraction of sp³-hybridized carbons (Fsp3) is 0.174. The summed E-state index contributed by atoms with van der Waals surface area (Å²) in [6.45, 7) is 4.79. The van der Waals surface area contributed by atoms with Crippen molar-refractivity contribution in [1.82, 2.24) is 0 Å². The SMILES string of the molecule is CCOc1cc(C(=O)Nc2ccc(Cl)c(Cl)c2)cc(I)c1OCc1ccc(C)cc1. The number of ether oxygens (including phenoxy) is 2. The Morgan fingerprint density at radius 2 is 1.73 bits per heavy atom. The lowest BCUT2D eigenvalue weighted by Crippen LogP contribution is -2.13. The van der Waals surface area contributed by atoms with Crippen LogP contribution < -0.4 is 14.8 Å². The number of anilines is 1. The van der Waals surface area contributed by atoms with Gasteiger partial charge in [-0.1, -0.05) is 53.0 Å². The van der Waals surface area contributed by atoms with Crippen molar-refractivity contribution < 1.29 is 14.3 Å². The zero-order valence-electron chi connectivity index (χ0n) is 16.5. The number of benzene rings is 3. The first-order valence-corrected chi connectivity index (χ1v) is 11.1. The van der Waals surface area contributed by atoms with Gasteiger partial charge in [-0.25, -0.2) is 0 Å². The Bertz CT molecular complexity index is 1060. The van der Waals surface area contributed by atoms with Crippen LogP contribution in [-0.4, -0.2) is 12.5 Å². The van der Waals surface area contributed by atoms with Gasteiger partial charge in [0.1, 0.15) is 6.61 Å². The van der Waals surface area contributed by atoms with Crippen LogP contribution in [0.25, 0.3) is 0 Å². The Hall–Kier alpha value is -1.96. The van der Waals surface area contributed by atoms with Crippen LogP contribution in [-0.2, 0) is 6.61 Å². The second-order valence-electron chi connectivity index (χ2n) is 6.58. The largest absolute Gasteiger partial charge is 0.490 e. The molecule has 0 spiro atoms. The predicted octanol–water partition coefficient (Wildman–Crippen LogP) is 7.14. The summed E-state index contributed by atoms with van der Waals surface area (Å²) in [5, 5.41) is 3.63. The number of hydrogen-bond donors (Lipinski definition) is 1. The highest BCUT2D eigenvalue weighted by molar-refractivity contribution is 14.1. The summed E-state index contributed by atoms with van der Waals surface area (Å²) in [7, 11) is 0. The van der Waals surface area contributed by atoms with E-state index in [2.05, 4.69) is 27.9 Å². The highest BCUT2D eigenvalue weighted by atomic mass is 127. The molecule has 30 heavy (non-hydrogen) atoms. The molecule has 7 heteroatoms. The van der Waals surface area contributed by atoms with Crippen molar-refractivity contribution >= 4 is 57.4 Å². The fourth-order valence-electron chi connectivity index (χ4n) is 2.72. The maximum atomic E-state index is 12.8. The maximum Gasteiger partial charge on any atom is 0.255 e. The molecule has 0 bridgehead atoms. The summed E-state index contributed by atoms with van der Waals surface area (Å²) in [5.41, 5.74) is 3.26. The van der Waals surface area contributed by atoms with Gasteiger partial charge in [0, 0.05) is 11.3 Å². The topological polar surface area (TPSA) is 47.6 Å². The van der Waals surface area contributed by atoms with E-state index in [-0.39, 0.29) is 5.91 Å². The Kier molecular flexibility index (Phi) is 7.86. The summed E-state index contributed by atoms with van der Waals surface area (Å²) < 4.78 is 12.6. The molecule has 0 heterocycles. The summed E-state index contributed by atoms with van der Waals surface area (Å²) in [6.07, 6.45) is 0. The van der Waals surface area contributed by atoms with Crippen LogP contribution in [0, 0.1) is 10.5 Å². The third-order valence-electron chi connectivity index (χ3n) is 4.25. The second kappa shape index (κ2) is 10.4. The van der Waals surface area contributed by atoms with Gasteiger partial charge in [0.05, 0.1) is 20.2 Å². The van der Waals surface area contributed by atoms with Gasteiger partial charge in [-0.15, -0.1) is 0 Å². The monoisotopic (exact) mass is 555 g/mol.